The van der Waals surface area contributed by atoms with E-state index >= 15 is 0 Å². The average Bonchev–Trinajstić information content (AvgIpc) is 3.48. The number of nitrogens with zero attached hydrogens (tertiary/aromatic N) is 5. The molecular formula is C25H25F4N5O2S2. The topological polar surface area (TPSA) is 71.3 Å². The van der Waals surface area contributed by atoms with Crippen molar-refractivity contribution in [3.05, 3.63) is 70.7 Å². The Kier molecular flexibility index (Phi) is 7.05. The van der Waals surface area contributed by atoms with Crippen LogP contribution < -0.4 is 0 Å². The van der Waals surface area contributed by atoms with Crippen molar-refractivity contribution in [3.63, 3.8) is 0 Å². The number of sulfonamides is 1. The number of benzene rings is 2. The molecule has 0 N–H and O–H groups in total. The molecule has 5 rings (SSSR count). The van der Waals surface area contributed by atoms with E-state index in [0.29, 0.717) is 10.7 Å². The lowest BCUT2D eigenvalue weighted by atomic mass is 9.96. The Morgan fingerprint density at radius 2 is 1.82 bits per heavy atom. The molecule has 202 valence electrons. The molecule has 1 atom stereocenters. The van der Waals surface area contributed by atoms with Crippen molar-refractivity contribution in [3.8, 4) is 5.69 Å². The van der Waals surface area contributed by atoms with Gasteiger partial charge in [-0.05, 0) is 61.4 Å². The zero-order chi connectivity index (χ0) is 27.2. The first kappa shape index (κ1) is 26.7. The number of alkyl halides is 3. The van der Waals surface area contributed by atoms with E-state index in [4.69, 9.17) is 0 Å². The van der Waals surface area contributed by atoms with Gasteiger partial charge in [-0.1, -0.05) is 0 Å². The molecule has 13 heteroatoms. The van der Waals surface area contributed by atoms with Gasteiger partial charge in [-0.3, -0.25) is 4.90 Å². The summed E-state index contributed by atoms with van der Waals surface area (Å²) in [5.74, 6) is -0.368. The number of aromatic nitrogens is 3. The quantitative estimate of drug-likeness (QED) is 0.298. The van der Waals surface area contributed by atoms with Crippen LogP contribution in [0.15, 0.2) is 53.0 Å². The van der Waals surface area contributed by atoms with Crippen LogP contribution in [0.3, 0.4) is 0 Å². The Balaban J connectivity index is 1.52. The Labute approximate surface area is 221 Å². The molecule has 1 fully saturated rings. The molecule has 2 aromatic carbocycles. The molecule has 4 aromatic rings. The van der Waals surface area contributed by atoms with Gasteiger partial charge in [-0.15, -0.1) is 11.3 Å². The lowest BCUT2D eigenvalue weighted by Gasteiger charge is -2.41. The second-order valence-corrected chi connectivity index (χ2v) is 12.7. The minimum absolute atomic E-state index is 0.00951. The minimum atomic E-state index is -4.33. The summed E-state index contributed by atoms with van der Waals surface area (Å²) in [6.45, 7) is 3.57. The molecule has 38 heavy (non-hydrogen) atoms. The number of hydrogen-bond acceptors (Lipinski definition) is 6. The van der Waals surface area contributed by atoms with Crippen molar-refractivity contribution in [2.24, 2.45) is 0 Å². The maximum absolute atomic E-state index is 13.4. The summed E-state index contributed by atoms with van der Waals surface area (Å²) in [6.07, 6.45) is -2.36. The van der Waals surface area contributed by atoms with E-state index in [2.05, 4.69) is 10.1 Å². The van der Waals surface area contributed by atoms with E-state index in [1.54, 1.807) is 34.8 Å². The molecule has 0 spiro atoms. The van der Waals surface area contributed by atoms with Crippen LogP contribution in [0.25, 0.3) is 16.6 Å². The third kappa shape index (κ3) is 5.33. The molecule has 0 radical (unpaired) electrons. The first-order valence-corrected chi connectivity index (χ1v) is 14.2. The molecule has 1 aliphatic rings. The van der Waals surface area contributed by atoms with Crippen LogP contribution >= 0.6 is 11.3 Å². The largest absolute Gasteiger partial charge is 0.390 e. The van der Waals surface area contributed by atoms with Crippen molar-refractivity contribution < 1.29 is 26.0 Å². The summed E-state index contributed by atoms with van der Waals surface area (Å²) in [5.41, 5.74) is 2.94. The Bertz CT molecular complexity index is 1560. The van der Waals surface area contributed by atoms with Gasteiger partial charge in [0.1, 0.15) is 5.82 Å². The summed E-state index contributed by atoms with van der Waals surface area (Å²) in [7, 11) is -3.85. The number of hydrogen-bond donors (Lipinski definition) is 0. The summed E-state index contributed by atoms with van der Waals surface area (Å²) < 4.78 is 82.6. The van der Waals surface area contributed by atoms with Gasteiger partial charge in [0.05, 0.1) is 35.0 Å². The predicted octanol–water partition coefficient (Wildman–Crippen LogP) is 5.24. The summed E-state index contributed by atoms with van der Waals surface area (Å²) in [4.78, 5) is 5.76. The van der Waals surface area contributed by atoms with Crippen LogP contribution in [0.5, 0.6) is 0 Å². The van der Waals surface area contributed by atoms with Gasteiger partial charge in [0.2, 0.25) is 0 Å². The Morgan fingerprint density at radius 3 is 2.47 bits per heavy atom. The molecule has 0 unspecified atom stereocenters. The monoisotopic (exact) mass is 567 g/mol. The van der Waals surface area contributed by atoms with E-state index in [1.807, 2.05) is 19.1 Å². The lowest BCUT2D eigenvalue weighted by molar-refractivity contribution is -0.140. The summed E-state index contributed by atoms with van der Waals surface area (Å²) in [6, 6.07) is 9.03. The fourth-order valence-electron chi connectivity index (χ4n) is 4.78. The van der Waals surface area contributed by atoms with Gasteiger partial charge in [-0.25, -0.2) is 22.5 Å². The van der Waals surface area contributed by atoms with Crippen LogP contribution in [0.4, 0.5) is 17.6 Å². The SMILES string of the molecule is Cc1ncc(S(=O)(=O)N2CCN(CCC(F)(F)F)[C@@H](c3cc4cnn(-c5ccc(F)cc5)c4cc3C)C2)s1. The van der Waals surface area contributed by atoms with Crippen molar-refractivity contribution in [2.45, 2.75) is 36.7 Å². The molecule has 0 aliphatic carbocycles. The molecule has 7 nitrogen and oxygen atoms in total. The molecule has 1 saturated heterocycles. The molecule has 1 aliphatic heterocycles. The molecule has 0 amide bonds. The fourth-order valence-corrected chi connectivity index (χ4v) is 7.48. The second kappa shape index (κ2) is 10.0. The maximum atomic E-state index is 13.4. The molecule has 2 aromatic heterocycles. The maximum Gasteiger partial charge on any atom is 0.390 e. The summed E-state index contributed by atoms with van der Waals surface area (Å²) in [5, 5.41) is 5.78. The van der Waals surface area contributed by atoms with E-state index in [1.165, 1.54) is 22.6 Å². The van der Waals surface area contributed by atoms with Gasteiger partial charge in [0.15, 0.2) is 4.21 Å². The second-order valence-electron chi connectivity index (χ2n) is 9.28. The van der Waals surface area contributed by atoms with E-state index in [9.17, 15) is 26.0 Å². The van der Waals surface area contributed by atoms with Crippen LogP contribution in [-0.4, -0.2) is 64.7 Å². The lowest BCUT2D eigenvalue weighted by Crippen LogP contribution is -2.51. The van der Waals surface area contributed by atoms with Crippen LogP contribution in [0, 0.1) is 19.7 Å². The van der Waals surface area contributed by atoms with E-state index < -0.39 is 28.7 Å². The number of piperazine rings is 1. The van der Waals surface area contributed by atoms with Crippen LogP contribution in [0.1, 0.15) is 28.6 Å². The third-order valence-electron chi connectivity index (χ3n) is 6.72. The van der Waals surface area contributed by atoms with Crippen LogP contribution in [-0.2, 0) is 10.0 Å². The number of fused-ring (bicyclic) bond motifs is 1. The van der Waals surface area contributed by atoms with E-state index in [0.717, 1.165) is 33.4 Å². The van der Waals surface area contributed by atoms with Crippen molar-refractivity contribution >= 4 is 32.3 Å². The summed E-state index contributed by atoms with van der Waals surface area (Å²) >= 11 is 1.07. The Hall–Kier alpha value is -2.87. The zero-order valence-corrected chi connectivity index (χ0v) is 22.2. The van der Waals surface area contributed by atoms with Gasteiger partial charge >= 0.3 is 6.18 Å². The van der Waals surface area contributed by atoms with Crippen molar-refractivity contribution in [1.82, 2.24) is 24.0 Å². The first-order valence-electron chi connectivity index (χ1n) is 11.9. The highest BCUT2D eigenvalue weighted by Gasteiger charge is 2.38. The number of aryl methyl sites for hydroxylation is 2. The minimum Gasteiger partial charge on any atom is -0.293 e. The van der Waals surface area contributed by atoms with Gasteiger partial charge in [-0.2, -0.15) is 22.6 Å². The number of thiazole rings is 1. The first-order chi connectivity index (χ1) is 17.9. The zero-order valence-electron chi connectivity index (χ0n) is 20.6. The van der Waals surface area contributed by atoms with Gasteiger partial charge in [0.25, 0.3) is 10.0 Å². The number of rotatable bonds is 6. The molecule has 0 saturated carbocycles. The normalized spacial score (nSPS) is 17.9. The number of halogens is 4. The third-order valence-corrected chi connectivity index (χ3v) is 9.93. The molecular weight excluding hydrogens is 542 g/mol. The highest BCUT2D eigenvalue weighted by atomic mass is 32.2. The predicted molar refractivity (Wildman–Crippen MR) is 136 cm³/mol. The molecule has 3 heterocycles. The van der Waals surface area contributed by atoms with E-state index in [-0.39, 0.29) is 36.2 Å². The van der Waals surface area contributed by atoms with Crippen molar-refractivity contribution in [1.29, 1.82) is 0 Å². The van der Waals surface area contributed by atoms with Crippen molar-refractivity contribution in [2.75, 3.05) is 26.2 Å². The average molecular weight is 568 g/mol. The van der Waals surface area contributed by atoms with Gasteiger partial charge in [0, 0.05) is 37.6 Å². The van der Waals surface area contributed by atoms with Gasteiger partial charge < -0.3 is 0 Å². The highest BCUT2D eigenvalue weighted by Crippen LogP contribution is 2.35. The fraction of sp³-hybridized carbons (Fsp3) is 0.360. The molecule has 0 bridgehead atoms. The highest BCUT2D eigenvalue weighted by molar-refractivity contribution is 7.91. The van der Waals surface area contributed by atoms with Crippen LogP contribution in [0.2, 0.25) is 0 Å². The standard InChI is InChI=1S/C25H25F4N5O2S2/c1-16-11-22-18(13-31-34(22)20-5-3-19(26)4-6-20)12-21(16)23-15-33(10-9-32(23)8-7-25(27,28)29)38(35,36)24-14-30-17(2)37-24/h3-6,11-14,23H,7-10,15H2,1-2H3/t23-/m1/s1. The smallest absolute Gasteiger partial charge is 0.293 e. The Morgan fingerprint density at radius 1 is 1.08 bits per heavy atom.